The number of phenolic OH excluding ortho intramolecular Hbond substituents is 1. The smallest absolute Gasteiger partial charge is 0.324 e. The van der Waals surface area contributed by atoms with Crippen LogP contribution < -0.4 is 0 Å². The zero-order valence-electron chi connectivity index (χ0n) is 14.0. The lowest BCUT2D eigenvalue weighted by Crippen LogP contribution is -2.33. The van der Waals surface area contributed by atoms with E-state index in [9.17, 15) is 25.2 Å². The maximum atomic E-state index is 12.3. The van der Waals surface area contributed by atoms with Crippen molar-refractivity contribution in [2.75, 3.05) is 13.2 Å². The molecule has 7 nitrogen and oxygen atoms in total. The van der Waals surface area contributed by atoms with Crippen molar-refractivity contribution in [1.82, 2.24) is 0 Å². The summed E-state index contributed by atoms with van der Waals surface area (Å²) in [4.78, 5) is 24.6. The van der Waals surface area contributed by atoms with Gasteiger partial charge in [0.15, 0.2) is 11.8 Å². The first-order valence-corrected chi connectivity index (χ1v) is 9.78. The molecule has 1 N–H and O–H groups in total. The Morgan fingerprint density at radius 3 is 1.92 bits per heavy atom. The van der Waals surface area contributed by atoms with Crippen molar-refractivity contribution in [3.05, 3.63) is 24.8 Å². The Morgan fingerprint density at radius 1 is 1.08 bits per heavy atom. The van der Waals surface area contributed by atoms with Gasteiger partial charge >= 0.3 is 11.9 Å². The molecular formula is C17H16I2N2O5. The number of halogens is 2. The SMILES string of the molecule is CCOC(=O)[C@H](C#N)C(c1cc(I)cc(I)c1O)[C@@H](C#N)C(=O)OCC. The van der Waals surface area contributed by atoms with Crippen molar-refractivity contribution in [2.45, 2.75) is 19.8 Å². The average Bonchev–Trinajstić information content (AvgIpc) is 2.58. The number of carbonyl (C=O) groups excluding carboxylic acids is 2. The molecular weight excluding hydrogens is 566 g/mol. The zero-order valence-corrected chi connectivity index (χ0v) is 18.3. The van der Waals surface area contributed by atoms with Crippen LogP contribution in [-0.4, -0.2) is 30.3 Å². The minimum Gasteiger partial charge on any atom is -0.507 e. The Balaban J connectivity index is 3.62. The third kappa shape index (κ3) is 5.20. The van der Waals surface area contributed by atoms with Gasteiger partial charge in [-0.1, -0.05) is 0 Å². The number of hydrogen-bond acceptors (Lipinski definition) is 7. The summed E-state index contributed by atoms with van der Waals surface area (Å²) in [6, 6.07) is 6.85. The molecule has 1 aromatic rings. The van der Waals surface area contributed by atoms with Crippen molar-refractivity contribution >= 4 is 57.1 Å². The molecule has 0 radical (unpaired) electrons. The van der Waals surface area contributed by atoms with Crippen LogP contribution in [0.2, 0.25) is 0 Å². The predicted molar refractivity (Wildman–Crippen MR) is 108 cm³/mol. The summed E-state index contributed by atoms with van der Waals surface area (Å²) >= 11 is 3.90. The average molecular weight is 582 g/mol. The zero-order chi connectivity index (χ0) is 19.9. The lowest BCUT2D eigenvalue weighted by atomic mass is 9.77. The quantitative estimate of drug-likeness (QED) is 0.388. The molecule has 9 heteroatoms. The molecule has 1 aromatic carbocycles. The van der Waals surface area contributed by atoms with Crippen molar-refractivity contribution in [3.8, 4) is 17.9 Å². The highest BCUT2D eigenvalue weighted by atomic mass is 127. The fraction of sp³-hybridized carbons (Fsp3) is 0.412. The van der Waals surface area contributed by atoms with Crippen LogP contribution in [0.1, 0.15) is 25.3 Å². The minimum atomic E-state index is -1.45. The topological polar surface area (TPSA) is 120 Å². The first-order valence-electron chi connectivity index (χ1n) is 7.62. The summed E-state index contributed by atoms with van der Waals surface area (Å²) in [6.45, 7) is 3.24. The van der Waals surface area contributed by atoms with Crippen molar-refractivity contribution in [1.29, 1.82) is 10.5 Å². The number of benzene rings is 1. The standard InChI is InChI=1S/C17H16I2N2O5/c1-3-25-16(23)11(7-20)14(12(8-21)17(24)26-4-2)10-5-9(18)6-13(19)15(10)22/h5-6,11-12,14,22H,3-4H2,1-2H3/t11-,12-/m1/s1. The van der Waals surface area contributed by atoms with Gasteiger partial charge in [-0.3, -0.25) is 9.59 Å². The molecule has 26 heavy (non-hydrogen) atoms. The minimum absolute atomic E-state index is 0.0379. The Kier molecular flexibility index (Phi) is 9.08. The van der Waals surface area contributed by atoms with Crippen LogP contribution in [0.25, 0.3) is 0 Å². The first kappa shape index (κ1) is 22.4. The normalized spacial score (nSPS) is 12.6. The van der Waals surface area contributed by atoms with Crippen LogP contribution >= 0.6 is 45.2 Å². The summed E-state index contributed by atoms with van der Waals surface area (Å²) in [6.07, 6.45) is 0. The van der Waals surface area contributed by atoms with E-state index in [-0.39, 0.29) is 24.5 Å². The predicted octanol–water partition coefficient (Wildman–Crippen LogP) is 3.09. The molecule has 0 amide bonds. The van der Waals surface area contributed by atoms with Crippen molar-refractivity contribution < 1.29 is 24.2 Å². The van der Waals surface area contributed by atoms with Gasteiger partial charge in [0.2, 0.25) is 0 Å². The first-order chi connectivity index (χ1) is 12.3. The number of nitrogens with zero attached hydrogens (tertiary/aromatic N) is 2. The Morgan fingerprint density at radius 2 is 1.54 bits per heavy atom. The lowest BCUT2D eigenvalue weighted by molar-refractivity contribution is -0.150. The second kappa shape index (κ2) is 10.5. The van der Waals surface area contributed by atoms with Gasteiger partial charge in [0.1, 0.15) is 5.75 Å². The molecule has 0 fully saturated rings. The van der Waals surface area contributed by atoms with Gasteiger partial charge < -0.3 is 14.6 Å². The number of ether oxygens (including phenoxy) is 2. The fourth-order valence-electron chi connectivity index (χ4n) is 2.41. The van der Waals surface area contributed by atoms with E-state index in [1.54, 1.807) is 19.9 Å². The molecule has 0 saturated carbocycles. The number of aromatic hydroxyl groups is 1. The second-order valence-corrected chi connectivity index (χ2v) is 7.48. The Bertz CT molecular complexity index is 734. The molecule has 0 aliphatic carbocycles. The Labute approximate surface area is 178 Å². The largest absolute Gasteiger partial charge is 0.507 e. The molecule has 0 aromatic heterocycles. The van der Waals surface area contributed by atoms with E-state index in [4.69, 9.17) is 9.47 Å². The van der Waals surface area contributed by atoms with Crippen LogP contribution in [0.5, 0.6) is 5.75 Å². The fourth-order valence-corrected chi connectivity index (χ4v) is 4.30. The molecule has 0 spiro atoms. The summed E-state index contributed by atoms with van der Waals surface area (Å²) in [7, 11) is 0. The number of nitriles is 2. The third-order valence-corrected chi connectivity index (χ3v) is 4.94. The lowest BCUT2D eigenvalue weighted by Gasteiger charge is -2.25. The van der Waals surface area contributed by atoms with E-state index in [0.717, 1.165) is 0 Å². The molecule has 0 unspecified atom stereocenters. The van der Waals surface area contributed by atoms with Crippen LogP contribution in [-0.2, 0) is 19.1 Å². The van der Waals surface area contributed by atoms with Gasteiger partial charge in [0.25, 0.3) is 0 Å². The highest BCUT2D eigenvalue weighted by Crippen LogP contribution is 2.41. The van der Waals surface area contributed by atoms with Crippen LogP contribution in [0.15, 0.2) is 12.1 Å². The van der Waals surface area contributed by atoms with Crippen molar-refractivity contribution in [3.63, 3.8) is 0 Å². The number of rotatable bonds is 7. The van der Waals surface area contributed by atoms with Gasteiger partial charge in [-0.05, 0) is 71.2 Å². The molecule has 0 aliphatic rings. The van der Waals surface area contributed by atoms with Gasteiger partial charge in [-0.25, -0.2) is 0 Å². The van der Waals surface area contributed by atoms with E-state index in [0.29, 0.717) is 7.14 Å². The highest BCUT2D eigenvalue weighted by Gasteiger charge is 2.43. The number of esters is 2. The van der Waals surface area contributed by atoms with Crippen LogP contribution in [0.3, 0.4) is 0 Å². The van der Waals surface area contributed by atoms with E-state index in [1.165, 1.54) is 6.07 Å². The van der Waals surface area contributed by atoms with Gasteiger partial charge in [-0.15, -0.1) is 0 Å². The maximum absolute atomic E-state index is 12.3. The number of hydrogen-bond donors (Lipinski definition) is 1. The van der Waals surface area contributed by atoms with E-state index in [1.807, 2.05) is 57.3 Å². The van der Waals surface area contributed by atoms with Gasteiger partial charge in [-0.2, -0.15) is 10.5 Å². The van der Waals surface area contributed by atoms with Gasteiger partial charge in [0.05, 0.1) is 28.9 Å². The summed E-state index contributed by atoms with van der Waals surface area (Å²) in [5, 5.41) is 29.6. The summed E-state index contributed by atoms with van der Waals surface area (Å²) in [5.41, 5.74) is 0.153. The van der Waals surface area contributed by atoms with E-state index < -0.39 is 29.7 Å². The molecule has 0 aliphatic heterocycles. The third-order valence-electron chi connectivity index (χ3n) is 3.49. The highest BCUT2D eigenvalue weighted by molar-refractivity contribution is 14.1. The monoisotopic (exact) mass is 582 g/mol. The van der Waals surface area contributed by atoms with E-state index in [2.05, 4.69) is 0 Å². The van der Waals surface area contributed by atoms with Crippen LogP contribution in [0.4, 0.5) is 0 Å². The van der Waals surface area contributed by atoms with Gasteiger partial charge in [0, 0.05) is 15.1 Å². The molecule has 2 atom stereocenters. The second-order valence-electron chi connectivity index (χ2n) is 5.07. The van der Waals surface area contributed by atoms with Crippen LogP contribution in [0, 0.1) is 41.6 Å². The molecule has 0 saturated heterocycles. The summed E-state index contributed by atoms with van der Waals surface area (Å²) in [5.74, 6) is -6.06. The van der Waals surface area contributed by atoms with E-state index >= 15 is 0 Å². The van der Waals surface area contributed by atoms with Crippen molar-refractivity contribution in [2.24, 2.45) is 11.8 Å². The molecule has 1 rings (SSSR count). The molecule has 0 heterocycles. The number of phenols is 1. The maximum Gasteiger partial charge on any atom is 0.324 e. The summed E-state index contributed by atoms with van der Waals surface area (Å²) < 4.78 is 11.0. The molecule has 138 valence electrons. The number of carbonyl (C=O) groups is 2. The molecule has 0 bridgehead atoms. The Hall–Kier alpha value is -1.60.